The van der Waals surface area contributed by atoms with Crippen LogP contribution in [-0.4, -0.2) is 24.6 Å². The lowest BCUT2D eigenvalue weighted by molar-refractivity contribution is -0.156. The predicted octanol–water partition coefficient (Wildman–Crippen LogP) is 5.18. The first kappa shape index (κ1) is 21.9. The van der Waals surface area contributed by atoms with Gasteiger partial charge in [0.2, 0.25) is 0 Å². The van der Waals surface area contributed by atoms with Gasteiger partial charge in [-0.3, -0.25) is 9.59 Å². The van der Waals surface area contributed by atoms with Crippen LogP contribution < -0.4 is 0 Å². The van der Waals surface area contributed by atoms with Crippen LogP contribution in [0.4, 0.5) is 0 Å². The van der Waals surface area contributed by atoms with Crippen molar-refractivity contribution in [2.75, 3.05) is 6.61 Å². The third-order valence-corrected chi connectivity index (χ3v) is 3.93. The second-order valence-electron chi connectivity index (χ2n) is 6.36. The van der Waals surface area contributed by atoms with Gasteiger partial charge in [0.1, 0.15) is 12.7 Å². The molecule has 1 atom stereocenters. The molecule has 0 radical (unpaired) electrons. The van der Waals surface area contributed by atoms with E-state index in [4.69, 9.17) is 9.47 Å². The molecule has 0 saturated carbocycles. The molecule has 0 rings (SSSR count). The Bertz CT molecular complexity index is 302. The summed E-state index contributed by atoms with van der Waals surface area (Å²) in [6.45, 7) is 5.18. The summed E-state index contributed by atoms with van der Waals surface area (Å²) < 4.78 is 10.1. The number of rotatable bonds is 15. The van der Waals surface area contributed by atoms with Crippen LogP contribution in [0.15, 0.2) is 0 Å². The molecule has 0 bridgehead atoms. The van der Waals surface area contributed by atoms with Crippen LogP contribution in [0.1, 0.15) is 97.8 Å². The first-order valence-corrected chi connectivity index (χ1v) is 9.36. The second kappa shape index (κ2) is 15.8. The smallest absolute Gasteiger partial charge is 0.303 e. The van der Waals surface area contributed by atoms with Crippen LogP contribution in [0, 0.1) is 0 Å². The second-order valence-corrected chi connectivity index (χ2v) is 6.36. The van der Waals surface area contributed by atoms with Gasteiger partial charge in [0.15, 0.2) is 0 Å². The highest BCUT2D eigenvalue weighted by atomic mass is 16.6. The van der Waals surface area contributed by atoms with Gasteiger partial charge in [0, 0.05) is 13.8 Å². The van der Waals surface area contributed by atoms with Gasteiger partial charge in [0.25, 0.3) is 0 Å². The molecule has 4 nitrogen and oxygen atoms in total. The number of carbonyl (C=O) groups is 2. The summed E-state index contributed by atoms with van der Waals surface area (Å²) in [6.07, 6.45) is 14.6. The maximum atomic E-state index is 11.0. The summed E-state index contributed by atoms with van der Waals surface area (Å²) in [5.41, 5.74) is 0. The van der Waals surface area contributed by atoms with Crippen molar-refractivity contribution in [1.29, 1.82) is 0 Å². The Morgan fingerprint density at radius 3 is 1.65 bits per heavy atom. The molecule has 0 aromatic heterocycles. The van der Waals surface area contributed by atoms with E-state index in [1.165, 1.54) is 71.6 Å². The van der Waals surface area contributed by atoms with Crippen LogP contribution in [0.3, 0.4) is 0 Å². The maximum Gasteiger partial charge on any atom is 0.303 e. The Hall–Kier alpha value is -1.06. The van der Waals surface area contributed by atoms with Gasteiger partial charge in [-0.05, 0) is 12.8 Å². The van der Waals surface area contributed by atoms with Crippen LogP contribution in [0.2, 0.25) is 0 Å². The van der Waals surface area contributed by atoms with Crippen molar-refractivity contribution >= 4 is 11.9 Å². The molecule has 0 aromatic rings. The van der Waals surface area contributed by atoms with Crippen molar-refractivity contribution in [1.82, 2.24) is 0 Å². The van der Waals surface area contributed by atoms with Crippen LogP contribution in [-0.2, 0) is 19.1 Å². The average Bonchev–Trinajstić information content (AvgIpc) is 2.49. The molecule has 0 fully saturated rings. The maximum absolute atomic E-state index is 11.0. The molecule has 0 aromatic carbocycles. The van der Waals surface area contributed by atoms with E-state index in [1.807, 2.05) is 0 Å². The zero-order valence-corrected chi connectivity index (χ0v) is 15.4. The number of carbonyl (C=O) groups excluding carboxylic acids is 2. The summed E-state index contributed by atoms with van der Waals surface area (Å²) in [5, 5.41) is 0. The standard InChI is InChI=1S/C19H36O4/c1-4-5-6-7-8-9-10-11-12-13-14-15-19(23-18(3)21)16-22-17(2)20/h19H,4-16H2,1-3H3. The lowest BCUT2D eigenvalue weighted by Crippen LogP contribution is -2.23. The Morgan fingerprint density at radius 1 is 0.739 bits per heavy atom. The minimum absolute atomic E-state index is 0.173. The first-order chi connectivity index (χ1) is 11.1. The lowest BCUT2D eigenvalue weighted by Gasteiger charge is -2.16. The van der Waals surface area contributed by atoms with Gasteiger partial charge < -0.3 is 9.47 Å². The molecule has 0 aliphatic heterocycles. The van der Waals surface area contributed by atoms with Crippen molar-refractivity contribution in [3.8, 4) is 0 Å². The molecule has 0 aliphatic rings. The molecule has 1 unspecified atom stereocenters. The van der Waals surface area contributed by atoms with E-state index in [9.17, 15) is 9.59 Å². The molecular weight excluding hydrogens is 292 g/mol. The predicted molar refractivity (Wildman–Crippen MR) is 93.3 cm³/mol. The highest BCUT2D eigenvalue weighted by Gasteiger charge is 2.13. The molecular formula is C19H36O4. The van der Waals surface area contributed by atoms with Crippen LogP contribution >= 0.6 is 0 Å². The molecule has 0 amide bonds. The zero-order chi connectivity index (χ0) is 17.3. The molecule has 0 heterocycles. The van der Waals surface area contributed by atoms with E-state index in [0.717, 1.165) is 19.3 Å². The van der Waals surface area contributed by atoms with Crippen molar-refractivity contribution in [2.45, 2.75) is 104 Å². The van der Waals surface area contributed by atoms with Crippen molar-refractivity contribution in [3.05, 3.63) is 0 Å². The summed E-state index contributed by atoms with van der Waals surface area (Å²) in [5.74, 6) is -0.647. The molecule has 0 aliphatic carbocycles. The van der Waals surface area contributed by atoms with E-state index >= 15 is 0 Å². The number of unbranched alkanes of at least 4 members (excludes halogenated alkanes) is 10. The largest absolute Gasteiger partial charge is 0.462 e. The minimum Gasteiger partial charge on any atom is -0.462 e. The Labute approximate surface area is 142 Å². The van der Waals surface area contributed by atoms with E-state index in [1.54, 1.807) is 0 Å². The number of ether oxygens (including phenoxy) is 2. The molecule has 0 saturated heterocycles. The first-order valence-electron chi connectivity index (χ1n) is 9.36. The van der Waals surface area contributed by atoms with E-state index in [2.05, 4.69) is 6.92 Å². The van der Waals surface area contributed by atoms with Crippen molar-refractivity contribution in [2.24, 2.45) is 0 Å². The van der Waals surface area contributed by atoms with Gasteiger partial charge in [0.05, 0.1) is 0 Å². The van der Waals surface area contributed by atoms with Crippen LogP contribution in [0.5, 0.6) is 0 Å². The van der Waals surface area contributed by atoms with E-state index < -0.39 is 0 Å². The lowest BCUT2D eigenvalue weighted by atomic mass is 10.0. The monoisotopic (exact) mass is 328 g/mol. The quantitative estimate of drug-likeness (QED) is 0.307. The Kier molecular flexibility index (Phi) is 15.1. The third kappa shape index (κ3) is 17.1. The summed E-state index contributed by atoms with van der Waals surface area (Å²) >= 11 is 0. The third-order valence-electron chi connectivity index (χ3n) is 3.93. The van der Waals surface area contributed by atoms with Crippen LogP contribution in [0.25, 0.3) is 0 Å². The summed E-state index contributed by atoms with van der Waals surface area (Å²) in [7, 11) is 0. The molecule has 0 spiro atoms. The van der Waals surface area contributed by atoms with Gasteiger partial charge in [-0.1, -0.05) is 71.1 Å². The van der Waals surface area contributed by atoms with Gasteiger partial charge in [-0.2, -0.15) is 0 Å². The van der Waals surface area contributed by atoms with Gasteiger partial charge >= 0.3 is 11.9 Å². The fraction of sp³-hybridized carbons (Fsp3) is 0.895. The average molecular weight is 328 g/mol. The normalized spacial score (nSPS) is 12.0. The fourth-order valence-corrected chi connectivity index (χ4v) is 2.66. The fourth-order valence-electron chi connectivity index (χ4n) is 2.66. The van der Waals surface area contributed by atoms with Gasteiger partial charge in [-0.25, -0.2) is 0 Å². The number of hydrogen-bond donors (Lipinski definition) is 0. The molecule has 136 valence electrons. The molecule has 0 N–H and O–H groups in total. The number of hydrogen-bond acceptors (Lipinski definition) is 4. The van der Waals surface area contributed by atoms with Crippen molar-refractivity contribution < 1.29 is 19.1 Å². The summed E-state index contributed by atoms with van der Waals surface area (Å²) in [6, 6.07) is 0. The van der Waals surface area contributed by atoms with Crippen molar-refractivity contribution in [3.63, 3.8) is 0 Å². The number of esters is 2. The van der Waals surface area contributed by atoms with E-state index in [-0.39, 0.29) is 24.6 Å². The van der Waals surface area contributed by atoms with E-state index in [0.29, 0.717) is 0 Å². The highest BCUT2D eigenvalue weighted by molar-refractivity contribution is 5.67. The molecule has 23 heavy (non-hydrogen) atoms. The Balaban J connectivity index is 3.50. The minimum atomic E-state index is -0.332. The Morgan fingerprint density at radius 2 is 1.22 bits per heavy atom. The topological polar surface area (TPSA) is 52.6 Å². The summed E-state index contributed by atoms with van der Waals surface area (Å²) in [4.78, 5) is 21.9. The molecule has 4 heteroatoms. The SMILES string of the molecule is CCCCCCCCCCCCCC(COC(C)=O)OC(C)=O. The highest BCUT2D eigenvalue weighted by Crippen LogP contribution is 2.13. The van der Waals surface area contributed by atoms with Gasteiger partial charge in [-0.15, -0.1) is 0 Å². The zero-order valence-electron chi connectivity index (χ0n) is 15.4.